The maximum Gasteiger partial charge on any atom is 0.274 e. The number of hydrogen-bond acceptors (Lipinski definition) is 4. The van der Waals surface area contributed by atoms with Gasteiger partial charge in [-0.3, -0.25) is 10.2 Å². The highest BCUT2D eigenvalue weighted by molar-refractivity contribution is 6.44. The molecule has 2 heterocycles. The molecule has 5 nitrogen and oxygen atoms in total. The Labute approximate surface area is 131 Å². The van der Waals surface area contributed by atoms with Crippen molar-refractivity contribution in [2.75, 3.05) is 32.6 Å². The van der Waals surface area contributed by atoms with Gasteiger partial charge in [-0.15, -0.1) is 0 Å². The van der Waals surface area contributed by atoms with Crippen molar-refractivity contribution in [3.8, 4) is 0 Å². The third-order valence-corrected chi connectivity index (χ3v) is 4.45. The lowest BCUT2D eigenvalue weighted by atomic mass is 10.0. The summed E-state index contributed by atoms with van der Waals surface area (Å²) in [6.07, 6.45) is 5.77. The first kappa shape index (κ1) is 14.8. The highest BCUT2D eigenvalue weighted by Crippen LogP contribution is 2.20. The zero-order chi connectivity index (χ0) is 15.5. The molecule has 2 aliphatic rings. The van der Waals surface area contributed by atoms with E-state index in [2.05, 4.69) is 22.5 Å². The Hall–Kier alpha value is -2.14. The van der Waals surface area contributed by atoms with Crippen molar-refractivity contribution >= 4 is 23.4 Å². The van der Waals surface area contributed by atoms with Crippen LogP contribution in [0.15, 0.2) is 35.4 Å². The molecule has 0 bridgehead atoms. The van der Waals surface area contributed by atoms with Crippen LogP contribution in [0.5, 0.6) is 0 Å². The van der Waals surface area contributed by atoms with Crippen LogP contribution >= 0.6 is 0 Å². The van der Waals surface area contributed by atoms with E-state index in [4.69, 9.17) is 0 Å². The van der Waals surface area contributed by atoms with E-state index in [0.29, 0.717) is 11.8 Å². The lowest BCUT2D eigenvalue weighted by molar-refractivity contribution is -0.125. The Kier molecular flexibility index (Phi) is 4.24. The standard InChI is InChI=1S/C17H22N4O/c1-20-11-9-14(10-12-20)21(2)17(22)16-8-7-13-5-3-4-6-15(13)18-19-16/h3-8,14,18H,9-12H2,1-2H3. The Balaban J connectivity index is 1.71. The van der Waals surface area contributed by atoms with E-state index in [9.17, 15) is 4.79 Å². The van der Waals surface area contributed by atoms with Crippen LogP contribution in [0, 0.1) is 0 Å². The highest BCUT2D eigenvalue weighted by Gasteiger charge is 2.26. The van der Waals surface area contributed by atoms with Crippen molar-refractivity contribution in [3.05, 3.63) is 35.9 Å². The molecule has 1 saturated heterocycles. The average molecular weight is 298 g/mol. The first-order valence-corrected chi connectivity index (χ1v) is 7.71. The van der Waals surface area contributed by atoms with Gasteiger partial charge in [0.05, 0.1) is 5.69 Å². The fourth-order valence-electron chi connectivity index (χ4n) is 2.92. The molecule has 0 saturated carbocycles. The Morgan fingerprint density at radius 1 is 1.27 bits per heavy atom. The number of amides is 1. The van der Waals surface area contributed by atoms with Crippen LogP contribution in [-0.2, 0) is 4.79 Å². The molecule has 1 N–H and O–H groups in total. The fraction of sp³-hybridized carbons (Fsp3) is 0.412. The minimum absolute atomic E-state index is 0.0221. The topological polar surface area (TPSA) is 47.9 Å². The monoisotopic (exact) mass is 298 g/mol. The fourth-order valence-corrected chi connectivity index (χ4v) is 2.92. The Morgan fingerprint density at radius 2 is 2.00 bits per heavy atom. The molecule has 0 aliphatic carbocycles. The van der Waals surface area contributed by atoms with Crippen molar-refractivity contribution in [2.24, 2.45) is 5.10 Å². The minimum atomic E-state index is -0.0221. The van der Waals surface area contributed by atoms with E-state index < -0.39 is 0 Å². The van der Waals surface area contributed by atoms with Crippen LogP contribution in [0.2, 0.25) is 0 Å². The number of likely N-dealkylation sites (tertiary alicyclic amines) is 1. The highest BCUT2D eigenvalue weighted by atomic mass is 16.2. The number of anilines is 1. The number of carbonyl (C=O) groups is 1. The third kappa shape index (κ3) is 3.04. The van der Waals surface area contributed by atoms with Crippen molar-refractivity contribution in [1.29, 1.82) is 0 Å². The summed E-state index contributed by atoms with van der Waals surface area (Å²) in [6.45, 7) is 2.07. The lowest BCUT2D eigenvalue weighted by Gasteiger charge is -2.35. The molecule has 0 unspecified atom stereocenters. The van der Waals surface area contributed by atoms with Crippen molar-refractivity contribution in [1.82, 2.24) is 9.80 Å². The normalized spacial score (nSPS) is 18.9. The summed E-state index contributed by atoms with van der Waals surface area (Å²) in [5, 5.41) is 4.27. The van der Waals surface area contributed by atoms with Gasteiger partial charge in [0.15, 0.2) is 0 Å². The molecule has 0 radical (unpaired) electrons. The number of carbonyl (C=O) groups excluding carboxylic acids is 1. The van der Waals surface area contributed by atoms with Crippen LogP contribution in [0.25, 0.3) is 6.08 Å². The number of fused-ring (bicyclic) bond motifs is 1. The van der Waals surface area contributed by atoms with E-state index in [-0.39, 0.29) is 5.91 Å². The number of hydrogen-bond donors (Lipinski definition) is 1. The molecule has 1 fully saturated rings. The van der Waals surface area contributed by atoms with Gasteiger partial charge in [-0.1, -0.05) is 24.3 Å². The van der Waals surface area contributed by atoms with Gasteiger partial charge < -0.3 is 9.80 Å². The van der Waals surface area contributed by atoms with Crippen molar-refractivity contribution in [3.63, 3.8) is 0 Å². The second-order valence-corrected chi connectivity index (χ2v) is 5.98. The van der Waals surface area contributed by atoms with Gasteiger partial charge in [0.25, 0.3) is 5.91 Å². The molecule has 116 valence electrons. The first-order valence-electron chi connectivity index (χ1n) is 7.71. The Morgan fingerprint density at radius 3 is 2.77 bits per heavy atom. The maximum atomic E-state index is 12.7. The molecular formula is C17H22N4O. The predicted molar refractivity (Wildman–Crippen MR) is 89.8 cm³/mol. The Bertz CT molecular complexity index is 615. The average Bonchev–Trinajstić information content (AvgIpc) is 2.77. The van der Waals surface area contributed by atoms with Gasteiger partial charge in [-0.2, -0.15) is 5.10 Å². The number of nitrogens with one attached hydrogen (secondary N) is 1. The minimum Gasteiger partial charge on any atom is -0.337 e. The molecule has 22 heavy (non-hydrogen) atoms. The lowest BCUT2D eigenvalue weighted by Crippen LogP contribution is -2.46. The van der Waals surface area contributed by atoms with E-state index in [1.165, 1.54) is 0 Å². The summed E-state index contributed by atoms with van der Waals surface area (Å²) in [4.78, 5) is 16.8. The summed E-state index contributed by atoms with van der Waals surface area (Å²) in [5.74, 6) is -0.0221. The summed E-state index contributed by atoms with van der Waals surface area (Å²) in [7, 11) is 4.00. The van der Waals surface area contributed by atoms with Gasteiger partial charge in [-0.05, 0) is 50.7 Å². The van der Waals surface area contributed by atoms with Gasteiger partial charge in [-0.25, -0.2) is 0 Å². The molecule has 1 aromatic rings. The van der Waals surface area contributed by atoms with Gasteiger partial charge in [0.1, 0.15) is 5.71 Å². The quantitative estimate of drug-likeness (QED) is 0.909. The van der Waals surface area contributed by atoms with Crippen molar-refractivity contribution < 1.29 is 4.79 Å². The molecular weight excluding hydrogens is 276 g/mol. The summed E-state index contributed by atoms with van der Waals surface area (Å²) >= 11 is 0. The third-order valence-electron chi connectivity index (χ3n) is 4.45. The van der Waals surface area contributed by atoms with Crippen LogP contribution in [0.1, 0.15) is 18.4 Å². The van der Waals surface area contributed by atoms with Gasteiger partial charge in [0, 0.05) is 13.1 Å². The second-order valence-electron chi connectivity index (χ2n) is 5.98. The molecule has 0 atom stereocenters. The molecule has 0 aromatic heterocycles. The summed E-state index contributed by atoms with van der Waals surface area (Å²) in [5.41, 5.74) is 5.40. The number of rotatable bonds is 2. The number of piperidine rings is 1. The number of benzene rings is 1. The molecule has 1 aromatic carbocycles. The predicted octanol–water partition coefficient (Wildman–Crippen LogP) is 2.03. The molecule has 0 spiro atoms. The SMILES string of the molecule is CN1CCC(N(C)C(=O)C2=NNc3ccccc3C=C2)CC1. The zero-order valence-corrected chi connectivity index (χ0v) is 13.1. The number of hydrazone groups is 1. The molecule has 1 amide bonds. The van der Waals surface area contributed by atoms with Crippen LogP contribution < -0.4 is 5.43 Å². The first-order chi connectivity index (χ1) is 10.6. The van der Waals surface area contributed by atoms with Gasteiger partial charge in [0.2, 0.25) is 0 Å². The second kappa shape index (κ2) is 6.32. The largest absolute Gasteiger partial charge is 0.337 e. The van der Waals surface area contributed by atoms with E-state index >= 15 is 0 Å². The molecule has 3 rings (SSSR count). The van der Waals surface area contributed by atoms with Crippen LogP contribution in [-0.4, -0.2) is 54.6 Å². The van der Waals surface area contributed by atoms with Crippen LogP contribution in [0.3, 0.4) is 0 Å². The van der Waals surface area contributed by atoms with Crippen molar-refractivity contribution in [2.45, 2.75) is 18.9 Å². The molecule has 2 aliphatic heterocycles. The van der Waals surface area contributed by atoms with E-state index in [1.807, 2.05) is 42.3 Å². The maximum absolute atomic E-state index is 12.7. The smallest absolute Gasteiger partial charge is 0.274 e. The zero-order valence-electron chi connectivity index (χ0n) is 13.1. The van der Waals surface area contributed by atoms with E-state index in [1.54, 1.807) is 6.08 Å². The van der Waals surface area contributed by atoms with Gasteiger partial charge >= 0.3 is 0 Å². The summed E-state index contributed by atoms with van der Waals surface area (Å²) < 4.78 is 0. The molecule has 5 heteroatoms. The summed E-state index contributed by atoms with van der Waals surface area (Å²) in [6, 6.07) is 8.18. The van der Waals surface area contributed by atoms with E-state index in [0.717, 1.165) is 37.2 Å². The van der Waals surface area contributed by atoms with Crippen LogP contribution in [0.4, 0.5) is 5.69 Å². The number of nitrogens with zero attached hydrogens (tertiary/aromatic N) is 3. The number of para-hydroxylation sites is 1.